The van der Waals surface area contributed by atoms with Crippen molar-refractivity contribution in [2.45, 2.75) is 19.5 Å². The lowest BCUT2D eigenvalue weighted by atomic mass is 10.2. The topological polar surface area (TPSA) is 26.3 Å². The number of thiophene rings is 1. The molecule has 0 aliphatic carbocycles. The fourth-order valence-electron chi connectivity index (χ4n) is 1.14. The van der Waals surface area contributed by atoms with Crippen molar-refractivity contribution < 1.29 is 22.7 Å². The number of Topliss-reactive ketones (excluding diaryl/α,β-unsaturated/α-hetero) is 1. The summed E-state index contributed by atoms with van der Waals surface area (Å²) in [4.78, 5) is 13.1. The summed E-state index contributed by atoms with van der Waals surface area (Å²) in [5, 5.41) is 0. The Hall–Kier alpha value is -0.400. The largest absolute Gasteiger partial charge is 0.411 e. The maximum absolute atomic E-state index is 11.8. The van der Waals surface area contributed by atoms with Gasteiger partial charge in [-0.3, -0.25) is 4.79 Å². The number of hydrogen-bond donors (Lipinski definition) is 0. The first kappa shape index (κ1) is 14.7. The number of aryl methyl sites for hydroxylation is 1. The Bertz CT molecular complexity index is 401. The number of alkyl halides is 3. The molecule has 0 saturated heterocycles. The molecule has 0 aliphatic heterocycles. The van der Waals surface area contributed by atoms with E-state index >= 15 is 0 Å². The van der Waals surface area contributed by atoms with E-state index in [-0.39, 0.29) is 18.8 Å². The van der Waals surface area contributed by atoms with Gasteiger partial charge in [-0.25, -0.2) is 0 Å². The zero-order valence-electron chi connectivity index (χ0n) is 8.94. The molecule has 0 saturated carbocycles. The van der Waals surface area contributed by atoms with Gasteiger partial charge in [-0.2, -0.15) is 13.2 Å². The molecule has 1 rings (SSSR count). The van der Waals surface area contributed by atoms with Crippen molar-refractivity contribution in [3.8, 4) is 0 Å². The number of hydrogen-bond acceptors (Lipinski definition) is 3. The van der Waals surface area contributed by atoms with Crippen molar-refractivity contribution in [3.63, 3.8) is 0 Å². The summed E-state index contributed by atoms with van der Waals surface area (Å²) in [6.07, 6.45) is -4.39. The third-order valence-corrected chi connectivity index (χ3v) is 3.78. The zero-order valence-corrected chi connectivity index (χ0v) is 11.3. The number of ether oxygens (including phenoxy) is 1. The minimum atomic E-state index is -4.34. The van der Waals surface area contributed by atoms with E-state index in [1.807, 2.05) is 6.92 Å². The first-order valence-corrected chi connectivity index (χ1v) is 6.34. The second kappa shape index (κ2) is 5.97. The fraction of sp³-hybridized carbons (Fsp3) is 0.500. The Kier molecular flexibility index (Phi) is 5.15. The van der Waals surface area contributed by atoms with Gasteiger partial charge in [0.1, 0.15) is 6.61 Å². The van der Waals surface area contributed by atoms with Gasteiger partial charge in [0, 0.05) is 15.8 Å². The molecule has 0 fully saturated rings. The van der Waals surface area contributed by atoms with Gasteiger partial charge in [-0.05, 0) is 28.9 Å². The Balaban J connectivity index is 2.38. The first-order valence-electron chi connectivity index (χ1n) is 4.73. The summed E-state index contributed by atoms with van der Waals surface area (Å²) in [5.74, 6) is -0.211. The van der Waals surface area contributed by atoms with Crippen molar-refractivity contribution in [2.75, 3.05) is 13.2 Å². The summed E-state index contributed by atoms with van der Waals surface area (Å²) in [6, 6.07) is 1.80. The predicted octanol–water partition coefficient (Wildman–Crippen LogP) is 3.97. The van der Waals surface area contributed by atoms with Gasteiger partial charge >= 0.3 is 6.18 Å². The van der Waals surface area contributed by atoms with Crippen molar-refractivity contribution in [1.82, 2.24) is 0 Å². The molecule has 1 heterocycles. The van der Waals surface area contributed by atoms with Gasteiger partial charge < -0.3 is 4.74 Å². The van der Waals surface area contributed by atoms with Crippen LogP contribution >= 0.6 is 27.3 Å². The van der Waals surface area contributed by atoms with E-state index in [0.29, 0.717) is 9.35 Å². The average molecular weight is 331 g/mol. The highest BCUT2D eigenvalue weighted by Gasteiger charge is 2.27. The van der Waals surface area contributed by atoms with E-state index in [1.165, 1.54) is 11.3 Å². The van der Waals surface area contributed by atoms with Crippen LogP contribution in [0.4, 0.5) is 13.2 Å². The molecule has 0 aliphatic rings. The molecule has 96 valence electrons. The second-order valence-corrected chi connectivity index (χ2v) is 5.49. The maximum Gasteiger partial charge on any atom is 0.411 e. The Morgan fingerprint density at radius 3 is 2.65 bits per heavy atom. The van der Waals surface area contributed by atoms with Crippen LogP contribution in [-0.2, 0) is 4.74 Å². The lowest BCUT2D eigenvalue weighted by Gasteiger charge is -2.06. The number of carbonyl (C=O) groups excluding carboxylic acids is 1. The van der Waals surface area contributed by atoms with Crippen LogP contribution < -0.4 is 0 Å². The van der Waals surface area contributed by atoms with Crippen molar-refractivity contribution >= 4 is 33.0 Å². The maximum atomic E-state index is 11.8. The molecular weight excluding hydrogens is 321 g/mol. The number of carbonyl (C=O) groups is 1. The highest BCUT2D eigenvalue weighted by molar-refractivity contribution is 9.10. The second-order valence-electron chi connectivity index (χ2n) is 3.38. The molecule has 0 N–H and O–H groups in total. The van der Waals surface area contributed by atoms with Crippen LogP contribution in [0.25, 0.3) is 0 Å². The third kappa shape index (κ3) is 5.18. The first-order chi connectivity index (χ1) is 7.79. The standard InChI is InChI=1S/C10H10BrF3O2S/c1-6-4-7(11)9(17-6)8(15)2-3-16-5-10(12,13)14/h4H,2-3,5H2,1H3. The quantitative estimate of drug-likeness (QED) is 0.603. The van der Waals surface area contributed by atoms with Crippen LogP contribution in [0.1, 0.15) is 21.0 Å². The summed E-state index contributed by atoms with van der Waals surface area (Å²) in [6.45, 7) is 0.318. The minimum absolute atomic E-state index is 0.0470. The van der Waals surface area contributed by atoms with E-state index in [1.54, 1.807) is 6.07 Å². The average Bonchev–Trinajstić information content (AvgIpc) is 2.51. The van der Waals surface area contributed by atoms with Gasteiger partial charge in [0.05, 0.1) is 11.5 Å². The molecule has 1 aromatic heterocycles. The Labute approximate surface area is 109 Å². The molecule has 0 unspecified atom stereocenters. The molecule has 0 radical (unpaired) electrons. The molecule has 2 nitrogen and oxygen atoms in total. The van der Waals surface area contributed by atoms with Crippen molar-refractivity contribution in [2.24, 2.45) is 0 Å². The lowest BCUT2D eigenvalue weighted by molar-refractivity contribution is -0.173. The fourth-order valence-corrected chi connectivity index (χ4v) is 2.97. The zero-order chi connectivity index (χ0) is 13.1. The summed E-state index contributed by atoms with van der Waals surface area (Å²) in [5.41, 5.74) is 0. The van der Waals surface area contributed by atoms with Gasteiger partial charge in [0.15, 0.2) is 5.78 Å². The third-order valence-electron chi connectivity index (χ3n) is 1.80. The van der Waals surface area contributed by atoms with Crippen LogP contribution in [0.15, 0.2) is 10.5 Å². The summed E-state index contributed by atoms with van der Waals surface area (Å²) < 4.78 is 40.3. The van der Waals surface area contributed by atoms with E-state index in [9.17, 15) is 18.0 Å². The summed E-state index contributed by atoms with van der Waals surface area (Å²) in [7, 11) is 0. The monoisotopic (exact) mass is 330 g/mol. The van der Waals surface area contributed by atoms with Gasteiger partial charge in [-0.15, -0.1) is 11.3 Å². The highest BCUT2D eigenvalue weighted by Crippen LogP contribution is 2.27. The number of rotatable bonds is 5. The van der Waals surface area contributed by atoms with Crippen molar-refractivity contribution in [1.29, 1.82) is 0 Å². The van der Waals surface area contributed by atoms with E-state index in [0.717, 1.165) is 4.88 Å². The number of halogens is 4. The van der Waals surface area contributed by atoms with E-state index in [2.05, 4.69) is 20.7 Å². The van der Waals surface area contributed by atoms with Crippen molar-refractivity contribution in [3.05, 3.63) is 20.3 Å². The molecule has 0 aromatic carbocycles. The van der Waals surface area contributed by atoms with Crippen LogP contribution in [0.2, 0.25) is 0 Å². The highest BCUT2D eigenvalue weighted by atomic mass is 79.9. The molecule has 0 atom stereocenters. The molecule has 17 heavy (non-hydrogen) atoms. The normalized spacial score (nSPS) is 11.8. The Morgan fingerprint density at radius 2 is 2.18 bits per heavy atom. The van der Waals surface area contributed by atoms with Crippen LogP contribution in [0, 0.1) is 6.92 Å². The molecular formula is C10H10BrF3O2S. The minimum Gasteiger partial charge on any atom is -0.372 e. The van der Waals surface area contributed by atoms with Crippen LogP contribution in [0.3, 0.4) is 0 Å². The van der Waals surface area contributed by atoms with Gasteiger partial charge in [0.25, 0.3) is 0 Å². The molecule has 0 bridgehead atoms. The molecule has 1 aromatic rings. The van der Waals surface area contributed by atoms with Crippen LogP contribution in [0.5, 0.6) is 0 Å². The van der Waals surface area contributed by atoms with E-state index in [4.69, 9.17) is 0 Å². The van der Waals surface area contributed by atoms with Crippen LogP contribution in [-0.4, -0.2) is 25.2 Å². The smallest absolute Gasteiger partial charge is 0.372 e. The van der Waals surface area contributed by atoms with Gasteiger partial charge in [-0.1, -0.05) is 0 Å². The molecule has 0 amide bonds. The van der Waals surface area contributed by atoms with Gasteiger partial charge in [0.2, 0.25) is 0 Å². The predicted molar refractivity (Wildman–Crippen MR) is 62.6 cm³/mol. The SMILES string of the molecule is Cc1cc(Br)c(C(=O)CCOCC(F)(F)F)s1. The summed E-state index contributed by atoms with van der Waals surface area (Å²) >= 11 is 4.54. The lowest BCUT2D eigenvalue weighted by Crippen LogP contribution is -2.18. The molecule has 7 heteroatoms. The van der Waals surface area contributed by atoms with E-state index < -0.39 is 12.8 Å². The Morgan fingerprint density at radius 1 is 1.53 bits per heavy atom. The number of ketones is 1. The molecule has 0 spiro atoms.